The second-order valence-electron chi connectivity index (χ2n) is 5.33. The predicted molar refractivity (Wildman–Crippen MR) is 83.2 cm³/mol. The van der Waals surface area contributed by atoms with E-state index in [0.717, 1.165) is 0 Å². The highest BCUT2D eigenvalue weighted by atomic mass is 79.9. The molecule has 116 valence electrons. The molecule has 1 heterocycles. The molecule has 4 N–H and O–H groups in total. The van der Waals surface area contributed by atoms with Crippen molar-refractivity contribution in [3.63, 3.8) is 0 Å². The quantitative estimate of drug-likeness (QED) is 0.818. The number of halogens is 1. The van der Waals surface area contributed by atoms with E-state index in [0.29, 0.717) is 24.0 Å². The Kier molecular flexibility index (Phi) is 4.72. The number of nitrogens with zero attached hydrogens (tertiary/aromatic N) is 1. The van der Waals surface area contributed by atoms with Gasteiger partial charge in [-0.1, -0.05) is 22.9 Å². The van der Waals surface area contributed by atoms with E-state index in [2.05, 4.69) is 15.9 Å². The highest BCUT2D eigenvalue weighted by Gasteiger charge is 2.32. The van der Waals surface area contributed by atoms with Crippen molar-refractivity contribution in [2.45, 2.75) is 24.3 Å². The normalized spacial score (nSPS) is 24.0. The SMILES string of the molecule is CC1CN(S(=O)(=O)c2cc(Br)cc(C(N)=O)c2)CCC1N. The minimum atomic E-state index is -3.66. The number of hydrogen-bond acceptors (Lipinski definition) is 4. The second kappa shape index (κ2) is 6.04. The maximum atomic E-state index is 12.7. The van der Waals surface area contributed by atoms with E-state index >= 15 is 0 Å². The summed E-state index contributed by atoms with van der Waals surface area (Å²) in [4.78, 5) is 11.3. The van der Waals surface area contributed by atoms with Gasteiger partial charge in [-0.2, -0.15) is 4.31 Å². The number of nitrogens with two attached hydrogens (primary N) is 2. The smallest absolute Gasteiger partial charge is 0.248 e. The number of carbonyl (C=O) groups excluding carboxylic acids is 1. The molecule has 1 aromatic carbocycles. The summed E-state index contributed by atoms with van der Waals surface area (Å²) in [5.74, 6) is -0.571. The number of benzene rings is 1. The number of piperidine rings is 1. The third kappa shape index (κ3) is 3.45. The van der Waals surface area contributed by atoms with Crippen molar-refractivity contribution in [1.29, 1.82) is 0 Å². The van der Waals surface area contributed by atoms with Crippen molar-refractivity contribution in [1.82, 2.24) is 4.31 Å². The van der Waals surface area contributed by atoms with E-state index in [-0.39, 0.29) is 22.4 Å². The molecular weight excluding hydrogens is 358 g/mol. The van der Waals surface area contributed by atoms with Gasteiger partial charge in [0, 0.05) is 29.2 Å². The van der Waals surface area contributed by atoms with Gasteiger partial charge in [-0.25, -0.2) is 8.42 Å². The standard InChI is InChI=1S/C13H18BrN3O3S/c1-8-7-17(3-2-12(8)15)21(19,20)11-5-9(13(16)18)4-10(14)6-11/h4-6,8,12H,2-3,7,15H2,1H3,(H2,16,18). The molecule has 21 heavy (non-hydrogen) atoms. The van der Waals surface area contributed by atoms with Gasteiger partial charge < -0.3 is 11.5 Å². The van der Waals surface area contributed by atoms with E-state index in [1.54, 1.807) is 0 Å². The molecule has 1 fully saturated rings. The van der Waals surface area contributed by atoms with E-state index in [1.165, 1.54) is 22.5 Å². The zero-order valence-corrected chi connectivity index (χ0v) is 14.0. The van der Waals surface area contributed by atoms with Crippen molar-refractivity contribution >= 4 is 31.9 Å². The van der Waals surface area contributed by atoms with Crippen LogP contribution in [0.1, 0.15) is 23.7 Å². The summed E-state index contributed by atoms with van der Waals surface area (Å²) in [7, 11) is -3.66. The number of carbonyl (C=O) groups is 1. The van der Waals surface area contributed by atoms with Crippen LogP contribution in [0.5, 0.6) is 0 Å². The molecule has 1 aliphatic heterocycles. The van der Waals surface area contributed by atoms with Crippen LogP contribution in [-0.2, 0) is 10.0 Å². The first-order valence-electron chi connectivity index (χ1n) is 6.58. The van der Waals surface area contributed by atoms with Crippen LogP contribution in [0.4, 0.5) is 0 Å². The summed E-state index contributed by atoms with van der Waals surface area (Å²) in [6.45, 7) is 2.69. The summed E-state index contributed by atoms with van der Waals surface area (Å²) in [5.41, 5.74) is 11.3. The molecule has 0 bridgehead atoms. The summed E-state index contributed by atoms with van der Waals surface area (Å²) < 4.78 is 27.3. The summed E-state index contributed by atoms with van der Waals surface area (Å²) >= 11 is 3.21. The number of sulfonamides is 1. The Morgan fingerprint density at radius 3 is 2.62 bits per heavy atom. The monoisotopic (exact) mass is 375 g/mol. The highest BCUT2D eigenvalue weighted by Crippen LogP contribution is 2.26. The molecule has 2 atom stereocenters. The third-order valence-electron chi connectivity index (χ3n) is 3.73. The fraction of sp³-hybridized carbons (Fsp3) is 0.462. The third-order valence-corrected chi connectivity index (χ3v) is 6.03. The van der Waals surface area contributed by atoms with E-state index < -0.39 is 15.9 Å². The Bertz CT molecular complexity index is 663. The fourth-order valence-electron chi connectivity index (χ4n) is 2.35. The van der Waals surface area contributed by atoms with Gasteiger partial charge >= 0.3 is 0 Å². The lowest BCUT2D eigenvalue weighted by Crippen LogP contribution is -2.48. The number of primary amides is 1. The van der Waals surface area contributed by atoms with Crippen LogP contribution in [0.2, 0.25) is 0 Å². The highest BCUT2D eigenvalue weighted by molar-refractivity contribution is 9.10. The Hall–Kier alpha value is -0.960. The molecule has 1 aromatic rings. The molecule has 6 nitrogen and oxygen atoms in total. The number of rotatable bonds is 3. The molecule has 2 unspecified atom stereocenters. The first kappa shape index (κ1) is 16.4. The fourth-order valence-corrected chi connectivity index (χ4v) is 4.62. The van der Waals surface area contributed by atoms with E-state index in [4.69, 9.17) is 11.5 Å². The van der Waals surface area contributed by atoms with Gasteiger partial charge in [0.15, 0.2) is 0 Å². The van der Waals surface area contributed by atoms with Crippen LogP contribution in [0.15, 0.2) is 27.6 Å². The molecule has 0 aromatic heterocycles. The maximum Gasteiger partial charge on any atom is 0.248 e. The van der Waals surface area contributed by atoms with Crippen LogP contribution in [0.3, 0.4) is 0 Å². The van der Waals surface area contributed by atoms with Crippen LogP contribution in [-0.4, -0.2) is 37.8 Å². The van der Waals surface area contributed by atoms with Gasteiger partial charge in [0.05, 0.1) is 4.90 Å². The average Bonchev–Trinajstić information content (AvgIpc) is 2.41. The number of amides is 1. The Morgan fingerprint density at radius 1 is 1.38 bits per heavy atom. The van der Waals surface area contributed by atoms with Crippen LogP contribution < -0.4 is 11.5 Å². The molecule has 1 amide bonds. The van der Waals surface area contributed by atoms with Crippen molar-refractivity contribution in [2.24, 2.45) is 17.4 Å². The van der Waals surface area contributed by atoms with Crippen molar-refractivity contribution in [3.05, 3.63) is 28.2 Å². The zero-order valence-electron chi connectivity index (χ0n) is 11.6. The predicted octanol–water partition coefficient (Wildman–Crippen LogP) is 0.906. The summed E-state index contributed by atoms with van der Waals surface area (Å²) in [6, 6.07) is 4.29. The molecule has 0 saturated carbocycles. The molecule has 1 aliphatic rings. The minimum absolute atomic E-state index is 0.0140. The molecule has 1 saturated heterocycles. The lowest BCUT2D eigenvalue weighted by atomic mass is 9.96. The minimum Gasteiger partial charge on any atom is -0.366 e. The van der Waals surface area contributed by atoms with Crippen LogP contribution >= 0.6 is 15.9 Å². The Labute approximate surface area is 132 Å². The largest absolute Gasteiger partial charge is 0.366 e. The lowest BCUT2D eigenvalue weighted by molar-refractivity contribution is 0.1000. The molecule has 2 rings (SSSR count). The Balaban J connectivity index is 2.38. The van der Waals surface area contributed by atoms with Crippen LogP contribution in [0.25, 0.3) is 0 Å². The topological polar surface area (TPSA) is 106 Å². The zero-order chi connectivity index (χ0) is 15.8. The van der Waals surface area contributed by atoms with Gasteiger partial charge in [-0.15, -0.1) is 0 Å². The van der Waals surface area contributed by atoms with Crippen molar-refractivity contribution < 1.29 is 13.2 Å². The molecule has 0 radical (unpaired) electrons. The molecule has 0 aliphatic carbocycles. The van der Waals surface area contributed by atoms with Gasteiger partial charge in [0.25, 0.3) is 0 Å². The van der Waals surface area contributed by atoms with Crippen LogP contribution in [0, 0.1) is 5.92 Å². The first-order chi connectivity index (χ1) is 9.71. The first-order valence-corrected chi connectivity index (χ1v) is 8.81. The average molecular weight is 376 g/mol. The van der Waals surface area contributed by atoms with Gasteiger partial charge in [-0.05, 0) is 30.5 Å². The Morgan fingerprint density at radius 2 is 2.05 bits per heavy atom. The molecule has 0 spiro atoms. The lowest BCUT2D eigenvalue weighted by Gasteiger charge is -2.34. The molecule has 8 heteroatoms. The van der Waals surface area contributed by atoms with Gasteiger partial charge in [0.2, 0.25) is 15.9 Å². The molecular formula is C13H18BrN3O3S. The van der Waals surface area contributed by atoms with Gasteiger partial charge in [0.1, 0.15) is 0 Å². The van der Waals surface area contributed by atoms with E-state index in [9.17, 15) is 13.2 Å². The summed E-state index contributed by atoms with van der Waals surface area (Å²) in [5, 5.41) is 0. The van der Waals surface area contributed by atoms with Crippen molar-refractivity contribution in [3.8, 4) is 0 Å². The van der Waals surface area contributed by atoms with Gasteiger partial charge in [-0.3, -0.25) is 4.79 Å². The summed E-state index contributed by atoms with van der Waals surface area (Å²) in [6.07, 6.45) is 0.622. The van der Waals surface area contributed by atoms with Crippen molar-refractivity contribution in [2.75, 3.05) is 13.1 Å². The second-order valence-corrected chi connectivity index (χ2v) is 8.19. The maximum absolute atomic E-state index is 12.7. The van der Waals surface area contributed by atoms with E-state index in [1.807, 2.05) is 6.92 Å². The number of hydrogen-bond donors (Lipinski definition) is 2.